The average molecular weight is 598 g/mol. The van der Waals surface area contributed by atoms with Gasteiger partial charge in [0.2, 0.25) is 0 Å². The van der Waals surface area contributed by atoms with E-state index in [1.54, 1.807) is 0 Å². The van der Waals surface area contributed by atoms with Crippen molar-refractivity contribution < 1.29 is 47.4 Å². The lowest BCUT2D eigenvalue weighted by Crippen LogP contribution is -2.15. The van der Waals surface area contributed by atoms with E-state index in [9.17, 15) is 0 Å². The minimum atomic E-state index is 0.522. The molecular formula is C26H45BrO10. The number of para-hydroxylation sites is 1. The van der Waals surface area contributed by atoms with E-state index >= 15 is 0 Å². The molecule has 0 saturated heterocycles. The Morgan fingerprint density at radius 2 is 0.622 bits per heavy atom. The fourth-order valence-corrected chi connectivity index (χ4v) is 2.88. The van der Waals surface area contributed by atoms with Gasteiger partial charge in [0.1, 0.15) is 12.4 Å². The normalized spacial score (nSPS) is 11.3. The van der Waals surface area contributed by atoms with Crippen molar-refractivity contribution in [3.05, 3.63) is 30.3 Å². The molecule has 0 radical (unpaired) electrons. The van der Waals surface area contributed by atoms with E-state index in [0.717, 1.165) is 11.1 Å². The molecule has 1 aromatic carbocycles. The van der Waals surface area contributed by atoms with Crippen LogP contribution in [0.2, 0.25) is 0 Å². The van der Waals surface area contributed by atoms with Gasteiger partial charge in [-0.1, -0.05) is 34.1 Å². The van der Waals surface area contributed by atoms with Crippen LogP contribution in [0.5, 0.6) is 5.75 Å². The Morgan fingerprint density at radius 1 is 0.351 bits per heavy atom. The zero-order valence-corrected chi connectivity index (χ0v) is 23.6. The summed E-state index contributed by atoms with van der Waals surface area (Å²) in [5.41, 5.74) is 0. The number of benzene rings is 1. The van der Waals surface area contributed by atoms with Gasteiger partial charge in [0, 0.05) is 5.33 Å². The summed E-state index contributed by atoms with van der Waals surface area (Å²) in [6, 6.07) is 9.68. The topological polar surface area (TPSA) is 92.3 Å². The standard InChI is InChI=1S/C26H45BrO10/c27-6-7-28-8-9-29-10-11-30-12-13-31-14-15-32-16-17-33-18-19-34-20-21-35-22-23-36-24-25-37-26-4-2-1-3-5-26/h1-5H,6-25H2. The molecule has 0 heterocycles. The second-order valence-corrected chi connectivity index (χ2v) is 8.15. The van der Waals surface area contributed by atoms with Crippen LogP contribution in [0.4, 0.5) is 0 Å². The first-order valence-electron chi connectivity index (χ1n) is 12.9. The predicted octanol–water partition coefficient (Wildman–Crippen LogP) is 2.61. The van der Waals surface area contributed by atoms with Crippen LogP contribution in [0.3, 0.4) is 0 Å². The highest BCUT2D eigenvalue weighted by Crippen LogP contribution is 2.07. The lowest BCUT2D eigenvalue weighted by atomic mass is 10.3. The van der Waals surface area contributed by atoms with Gasteiger partial charge in [0.25, 0.3) is 0 Å². The lowest BCUT2D eigenvalue weighted by molar-refractivity contribution is -0.0251. The first kappa shape index (κ1) is 34.2. The molecule has 1 aromatic rings. The smallest absolute Gasteiger partial charge is 0.119 e. The van der Waals surface area contributed by atoms with E-state index in [1.165, 1.54) is 0 Å². The van der Waals surface area contributed by atoms with E-state index in [-0.39, 0.29) is 0 Å². The Kier molecular flexibility index (Phi) is 27.4. The zero-order chi connectivity index (χ0) is 26.3. The van der Waals surface area contributed by atoms with Crippen LogP contribution in [-0.4, -0.2) is 131 Å². The Labute approximate surface area is 230 Å². The fraction of sp³-hybridized carbons (Fsp3) is 0.769. The molecule has 216 valence electrons. The Balaban J connectivity index is 1.62. The number of ether oxygens (including phenoxy) is 10. The second-order valence-electron chi connectivity index (χ2n) is 7.36. The molecule has 0 aromatic heterocycles. The molecule has 1 rings (SSSR count). The molecular weight excluding hydrogens is 552 g/mol. The van der Waals surface area contributed by atoms with Gasteiger partial charge < -0.3 is 47.4 Å². The summed E-state index contributed by atoms with van der Waals surface area (Å²) in [6.45, 7) is 10.4. The highest BCUT2D eigenvalue weighted by molar-refractivity contribution is 9.09. The van der Waals surface area contributed by atoms with Crippen molar-refractivity contribution in [1.82, 2.24) is 0 Å². The summed E-state index contributed by atoms with van der Waals surface area (Å²) >= 11 is 3.30. The van der Waals surface area contributed by atoms with E-state index in [0.29, 0.717) is 126 Å². The van der Waals surface area contributed by atoms with Gasteiger partial charge >= 0.3 is 0 Å². The van der Waals surface area contributed by atoms with Crippen LogP contribution < -0.4 is 4.74 Å². The Hall–Kier alpha value is -0.860. The molecule has 0 atom stereocenters. The third-order valence-corrected chi connectivity index (χ3v) is 4.76. The lowest BCUT2D eigenvalue weighted by Gasteiger charge is -2.09. The highest BCUT2D eigenvalue weighted by atomic mass is 79.9. The average Bonchev–Trinajstić information content (AvgIpc) is 2.93. The van der Waals surface area contributed by atoms with Gasteiger partial charge in [0.15, 0.2) is 0 Å². The van der Waals surface area contributed by atoms with Gasteiger partial charge in [-0.15, -0.1) is 0 Å². The van der Waals surface area contributed by atoms with Gasteiger partial charge in [0.05, 0.1) is 119 Å². The minimum absolute atomic E-state index is 0.522. The van der Waals surface area contributed by atoms with Crippen LogP contribution in [0.15, 0.2) is 30.3 Å². The molecule has 0 aliphatic rings. The molecule has 0 N–H and O–H groups in total. The number of halogens is 1. The Morgan fingerprint density at radius 3 is 0.919 bits per heavy atom. The van der Waals surface area contributed by atoms with Gasteiger partial charge in [-0.05, 0) is 12.1 Å². The van der Waals surface area contributed by atoms with Crippen molar-refractivity contribution in [2.75, 3.05) is 131 Å². The van der Waals surface area contributed by atoms with Crippen LogP contribution in [-0.2, 0) is 42.6 Å². The monoisotopic (exact) mass is 596 g/mol. The molecule has 11 heteroatoms. The third kappa shape index (κ3) is 26.5. The Bertz CT molecular complexity index is 555. The second kappa shape index (κ2) is 29.7. The number of hydrogen-bond acceptors (Lipinski definition) is 10. The molecule has 0 spiro atoms. The summed E-state index contributed by atoms with van der Waals surface area (Å²) in [7, 11) is 0. The van der Waals surface area contributed by atoms with E-state index in [2.05, 4.69) is 15.9 Å². The number of alkyl halides is 1. The number of rotatable bonds is 30. The maximum atomic E-state index is 5.54. The van der Waals surface area contributed by atoms with Crippen LogP contribution in [0.1, 0.15) is 0 Å². The molecule has 0 fully saturated rings. The van der Waals surface area contributed by atoms with Crippen LogP contribution in [0, 0.1) is 0 Å². The van der Waals surface area contributed by atoms with Crippen LogP contribution in [0.25, 0.3) is 0 Å². The first-order valence-corrected chi connectivity index (χ1v) is 14.0. The van der Waals surface area contributed by atoms with Gasteiger partial charge in [-0.2, -0.15) is 0 Å². The quantitative estimate of drug-likeness (QED) is 0.0974. The van der Waals surface area contributed by atoms with Gasteiger partial charge in [-0.25, -0.2) is 0 Å². The van der Waals surface area contributed by atoms with Crippen molar-refractivity contribution in [2.45, 2.75) is 0 Å². The third-order valence-electron chi connectivity index (χ3n) is 4.44. The fourth-order valence-electron chi connectivity index (χ4n) is 2.65. The largest absolute Gasteiger partial charge is 0.491 e. The molecule has 10 nitrogen and oxygen atoms in total. The molecule has 0 aliphatic carbocycles. The molecule has 0 amide bonds. The van der Waals surface area contributed by atoms with Crippen molar-refractivity contribution in [2.24, 2.45) is 0 Å². The van der Waals surface area contributed by atoms with Crippen molar-refractivity contribution in [1.29, 1.82) is 0 Å². The van der Waals surface area contributed by atoms with Crippen molar-refractivity contribution in [3.8, 4) is 5.75 Å². The number of hydrogen-bond donors (Lipinski definition) is 0. The first-order chi connectivity index (χ1) is 18.4. The van der Waals surface area contributed by atoms with Crippen molar-refractivity contribution >= 4 is 15.9 Å². The van der Waals surface area contributed by atoms with E-state index < -0.39 is 0 Å². The molecule has 0 saturated carbocycles. The van der Waals surface area contributed by atoms with Crippen molar-refractivity contribution in [3.63, 3.8) is 0 Å². The molecule has 0 unspecified atom stereocenters. The summed E-state index contributed by atoms with van der Waals surface area (Å²) in [5.74, 6) is 0.847. The summed E-state index contributed by atoms with van der Waals surface area (Å²) in [6.07, 6.45) is 0. The maximum absolute atomic E-state index is 5.54. The van der Waals surface area contributed by atoms with E-state index in [4.69, 9.17) is 47.4 Å². The summed E-state index contributed by atoms with van der Waals surface area (Å²) < 4.78 is 54.4. The molecule has 37 heavy (non-hydrogen) atoms. The molecule has 0 bridgehead atoms. The SMILES string of the molecule is BrCCOCCOCCOCCOCCOCCOCCOCCOCCOCCOc1ccccc1. The van der Waals surface area contributed by atoms with Gasteiger partial charge in [-0.3, -0.25) is 0 Å². The summed E-state index contributed by atoms with van der Waals surface area (Å²) in [4.78, 5) is 0. The maximum Gasteiger partial charge on any atom is 0.119 e. The highest BCUT2D eigenvalue weighted by Gasteiger charge is 1.96. The minimum Gasteiger partial charge on any atom is -0.491 e. The molecule has 0 aliphatic heterocycles. The zero-order valence-electron chi connectivity index (χ0n) is 22.0. The predicted molar refractivity (Wildman–Crippen MR) is 143 cm³/mol. The summed E-state index contributed by atoms with van der Waals surface area (Å²) in [5, 5.41) is 0.841. The van der Waals surface area contributed by atoms with Crippen LogP contribution >= 0.6 is 15.9 Å². The van der Waals surface area contributed by atoms with E-state index in [1.807, 2.05) is 30.3 Å².